The van der Waals surface area contributed by atoms with Crippen molar-refractivity contribution in [2.75, 3.05) is 13.7 Å². The van der Waals surface area contributed by atoms with Gasteiger partial charge in [0.15, 0.2) is 0 Å². The van der Waals surface area contributed by atoms with E-state index in [1.807, 2.05) is 20.9 Å². The molecule has 1 rings (SSSR count). The molecule has 0 radical (unpaired) electrons. The maximum Gasteiger partial charge on any atom is 0.470 e. The van der Waals surface area contributed by atoms with Crippen molar-refractivity contribution >= 4 is 7.82 Å². The maximum atomic E-state index is 11.3. The molecule has 0 bridgehead atoms. The van der Waals surface area contributed by atoms with E-state index < -0.39 is 19.5 Å². The number of likely N-dealkylation sites (tertiary alicyclic amines) is 1. The molecule has 0 amide bonds. The zero-order valence-electron chi connectivity index (χ0n) is 14.0. The highest BCUT2D eigenvalue weighted by molar-refractivity contribution is 7.46. The van der Waals surface area contributed by atoms with E-state index in [9.17, 15) is 14.4 Å². The first-order chi connectivity index (χ1) is 9.42. The van der Waals surface area contributed by atoms with Gasteiger partial charge in [-0.05, 0) is 47.6 Å². The molecule has 1 fully saturated rings. The first kappa shape index (κ1) is 19.1. The van der Waals surface area contributed by atoms with E-state index in [2.05, 4.69) is 25.7 Å². The zero-order valence-corrected chi connectivity index (χ0v) is 14.9. The summed E-state index contributed by atoms with van der Waals surface area (Å²) in [5.41, 5.74) is -0.672. The Bertz CT molecular complexity index is 393. The van der Waals surface area contributed by atoms with E-state index in [1.54, 1.807) is 0 Å². The van der Waals surface area contributed by atoms with Gasteiger partial charge in [-0.15, -0.1) is 0 Å². The molecule has 1 aliphatic heterocycles. The second-order valence-electron chi connectivity index (χ2n) is 7.01. The fourth-order valence-electron chi connectivity index (χ4n) is 3.03. The number of phosphoric acid groups is 1. The molecule has 6 nitrogen and oxygen atoms in total. The van der Waals surface area contributed by atoms with Gasteiger partial charge in [0, 0.05) is 17.7 Å². The molecule has 2 N–H and O–H groups in total. The number of ether oxygens (including phenoxy) is 1. The zero-order chi connectivity index (χ0) is 16.5. The lowest BCUT2D eigenvalue weighted by atomic mass is 9.76. The van der Waals surface area contributed by atoms with Gasteiger partial charge in [-0.25, -0.2) is 4.57 Å². The van der Waals surface area contributed by atoms with Crippen molar-refractivity contribution in [2.24, 2.45) is 0 Å². The number of piperidine rings is 1. The first-order valence-electron chi connectivity index (χ1n) is 7.51. The number of hydrogen-bond donors (Lipinski definition) is 2. The molecular weight excluding hydrogens is 293 g/mol. The van der Waals surface area contributed by atoms with Gasteiger partial charge in [-0.3, -0.25) is 9.42 Å². The quantitative estimate of drug-likeness (QED) is 0.578. The number of likely N-dealkylation sites (N-methyl/N-ethyl adjacent to an activating group) is 1. The van der Waals surface area contributed by atoms with Crippen LogP contribution in [0.15, 0.2) is 0 Å². The molecule has 1 saturated heterocycles. The third-order valence-corrected chi connectivity index (χ3v) is 5.09. The third-order valence-electron chi connectivity index (χ3n) is 4.59. The van der Waals surface area contributed by atoms with Gasteiger partial charge in [-0.2, -0.15) is 0 Å². The summed E-state index contributed by atoms with van der Waals surface area (Å²) in [5, 5.41) is 0. The maximum absolute atomic E-state index is 11.3. The van der Waals surface area contributed by atoms with E-state index in [4.69, 9.17) is 9.26 Å². The SMILES string of the molecule is CCCCOC1CC(C)(C)N(C)C(C)(C)C1OP(=O)(O)O. The number of phosphoric ester groups is 1. The minimum Gasteiger partial charge on any atom is -0.375 e. The van der Waals surface area contributed by atoms with Gasteiger partial charge in [0.2, 0.25) is 0 Å². The lowest BCUT2D eigenvalue weighted by molar-refractivity contribution is -0.165. The Morgan fingerprint density at radius 2 is 1.86 bits per heavy atom. The lowest BCUT2D eigenvalue weighted by Gasteiger charge is -2.56. The molecule has 0 aromatic heterocycles. The molecule has 1 aliphatic rings. The Morgan fingerprint density at radius 1 is 1.29 bits per heavy atom. The van der Waals surface area contributed by atoms with E-state index in [0.29, 0.717) is 13.0 Å². The normalized spacial score (nSPS) is 29.5. The van der Waals surface area contributed by atoms with Crippen LogP contribution in [0.2, 0.25) is 0 Å². The van der Waals surface area contributed by atoms with Gasteiger partial charge in [0.1, 0.15) is 6.10 Å². The Kier molecular flexibility index (Phi) is 6.04. The molecule has 7 heteroatoms. The Balaban J connectivity index is 3.01. The summed E-state index contributed by atoms with van der Waals surface area (Å²) in [4.78, 5) is 20.6. The van der Waals surface area contributed by atoms with Crippen LogP contribution in [0.1, 0.15) is 53.9 Å². The van der Waals surface area contributed by atoms with Crippen LogP contribution in [0.5, 0.6) is 0 Å². The number of unbranched alkanes of at least 4 members (excludes halogenated alkanes) is 1. The average molecular weight is 323 g/mol. The van der Waals surface area contributed by atoms with Gasteiger partial charge in [0.05, 0.1) is 6.10 Å². The summed E-state index contributed by atoms with van der Waals surface area (Å²) >= 11 is 0. The summed E-state index contributed by atoms with van der Waals surface area (Å²) in [6.45, 7) is 10.7. The molecule has 1 heterocycles. The van der Waals surface area contributed by atoms with E-state index >= 15 is 0 Å². The fraction of sp³-hybridized carbons (Fsp3) is 1.00. The second-order valence-corrected chi connectivity index (χ2v) is 8.20. The van der Waals surface area contributed by atoms with Gasteiger partial charge in [-0.1, -0.05) is 13.3 Å². The Morgan fingerprint density at radius 3 is 2.33 bits per heavy atom. The average Bonchev–Trinajstić information content (AvgIpc) is 2.31. The standard InChI is InChI=1S/C14H30NO5P/c1-7-8-9-19-11-10-13(2,3)15(6)14(4,5)12(11)20-21(16,17)18/h11-12H,7-10H2,1-6H3,(H2,16,17,18). The van der Waals surface area contributed by atoms with Crippen LogP contribution in [-0.2, 0) is 13.8 Å². The number of hydrogen-bond acceptors (Lipinski definition) is 4. The molecule has 0 aromatic rings. The van der Waals surface area contributed by atoms with E-state index in [-0.39, 0.29) is 11.6 Å². The molecule has 2 atom stereocenters. The van der Waals surface area contributed by atoms with E-state index in [1.165, 1.54) is 0 Å². The topological polar surface area (TPSA) is 79.2 Å². The molecule has 0 saturated carbocycles. The lowest BCUT2D eigenvalue weighted by Crippen LogP contribution is -2.68. The van der Waals surface area contributed by atoms with Crippen LogP contribution < -0.4 is 0 Å². The highest BCUT2D eigenvalue weighted by atomic mass is 31.2. The van der Waals surface area contributed by atoms with Gasteiger partial charge in [0.25, 0.3) is 0 Å². The summed E-state index contributed by atoms with van der Waals surface area (Å²) in [7, 11) is -2.61. The monoisotopic (exact) mass is 323 g/mol. The molecule has 0 aliphatic carbocycles. The summed E-state index contributed by atoms with van der Waals surface area (Å²) in [5.74, 6) is 0. The first-order valence-corrected chi connectivity index (χ1v) is 9.04. The minimum atomic E-state index is -4.57. The summed E-state index contributed by atoms with van der Waals surface area (Å²) in [6.07, 6.45) is 1.61. The van der Waals surface area contributed by atoms with Crippen molar-refractivity contribution in [3.8, 4) is 0 Å². The van der Waals surface area contributed by atoms with Crippen LogP contribution in [0.3, 0.4) is 0 Å². The Labute approximate surface area is 128 Å². The summed E-state index contributed by atoms with van der Waals surface area (Å²) in [6, 6.07) is 0. The summed E-state index contributed by atoms with van der Waals surface area (Å²) < 4.78 is 22.3. The van der Waals surface area contributed by atoms with Crippen LogP contribution >= 0.6 is 7.82 Å². The van der Waals surface area contributed by atoms with Crippen LogP contribution in [0.4, 0.5) is 0 Å². The number of rotatable bonds is 6. The van der Waals surface area contributed by atoms with Crippen molar-refractivity contribution in [3.63, 3.8) is 0 Å². The molecule has 126 valence electrons. The van der Waals surface area contributed by atoms with Crippen LogP contribution in [-0.4, -0.2) is 51.6 Å². The molecule has 0 aromatic carbocycles. The third kappa shape index (κ3) is 4.75. The van der Waals surface area contributed by atoms with E-state index in [0.717, 1.165) is 12.8 Å². The molecule has 0 spiro atoms. The second kappa shape index (κ2) is 6.65. The van der Waals surface area contributed by atoms with Crippen molar-refractivity contribution in [2.45, 2.75) is 77.2 Å². The highest BCUT2D eigenvalue weighted by Gasteiger charge is 2.53. The smallest absolute Gasteiger partial charge is 0.375 e. The predicted octanol–water partition coefficient (Wildman–Crippen LogP) is 2.54. The van der Waals surface area contributed by atoms with Crippen molar-refractivity contribution < 1.29 is 23.6 Å². The molecular formula is C14H30NO5P. The van der Waals surface area contributed by atoms with Crippen molar-refractivity contribution in [3.05, 3.63) is 0 Å². The van der Waals surface area contributed by atoms with Gasteiger partial charge >= 0.3 is 7.82 Å². The fourth-order valence-corrected chi connectivity index (χ4v) is 3.72. The number of nitrogens with zero attached hydrogens (tertiary/aromatic N) is 1. The largest absolute Gasteiger partial charge is 0.470 e. The van der Waals surface area contributed by atoms with Gasteiger partial charge < -0.3 is 14.5 Å². The van der Waals surface area contributed by atoms with Crippen molar-refractivity contribution in [1.29, 1.82) is 0 Å². The van der Waals surface area contributed by atoms with Crippen LogP contribution in [0, 0.1) is 0 Å². The van der Waals surface area contributed by atoms with Crippen molar-refractivity contribution in [1.82, 2.24) is 4.90 Å². The highest BCUT2D eigenvalue weighted by Crippen LogP contribution is 2.47. The van der Waals surface area contributed by atoms with Crippen LogP contribution in [0.25, 0.3) is 0 Å². The minimum absolute atomic E-state index is 0.130. The Hall–Kier alpha value is 0.0300. The molecule has 2 unspecified atom stereocenters. The molecule has 21 heavy (non-hydrogen) atoms. The predicted molar refractivity (Wildman–Crippen MR) is 82.1 cm³/mol.